The minimum Gasteiger partial charge on any atom is -0.494 e. The molecule has 0 bridgehead atoms. The normalized spacial score (nSPS) is 10.3. The number of carbonyl (C=O) groups excluding carboxylic acids is 2. The maximum absolute atomic E-state index is 12.1. The first-order valence-corrected chi connectivity index (χ1v) is 8.79. The van der Waals surface area contributed by atoms with E-state index in [0.29, 0.717) is 35.8 Å². The molecule has 0 aliphatic heterocycles. The van der Waals surface area contributed by atoms with Crippen LogP contribution in [0, 0.1) is 0 Å². The molecule has 2 rings (SSSR count). The van der Waals surface area contributed by atoms with Gasteiger partial charge in [-0.05, 0) is 43.3 Å². The van der Waals surface area contributed by atoms with Gasteiger partial charge in [-0.1, -0.05) is 24.8 Å². The number of hydrogen-bond donors (Lipinski definition) is 2. The molecule has 7 heteroatoms. The summed E-state index contributed by atoms with van der Waals surface area (Å²) in [5.74, 6) is 0.512. The molecule has 28 heavy (non-hydrogen) atoms. The second-order valence-electron chi connectivity index (χ2n) is 5.57. The van der Waals surface area contributed by atoms with Crippen LogP contribution in [0.2, 0.25) is 0 Å². The Hall–Kier alpha value is -3.61. The lowest BCUT2D eigenvalue weighted by atomic mass is 10.2. The van der Waals surface area contributed by atoms with E-state index in [2.05, 4.69) is 22.4 Å². The van der Waals surface area contributed by atoms with E-state index in [-0.39, 0.29) is 12.5 Å². The molecule has 2 N–H and O–H groups in total. The Morgan fingerprint density at radius 3 is 2.57 bits per heavy atom. The Morgan fingerprint density at radius 1 is 1.11 bits per heavy atom. The van der Waals surface area contributed by atoms with Crippen molar-refractivity contribution in [2.24, 2.45) is 5.10 Å². The van der Waals surface area contributed by atoms with Crippen molar-refractivity contribution in [2.75, 3.05) is 19.8 Å². The number of ether oxygens (including phenoxy) is 2. The van der Waals surface area contributed by atoms with E-state index in [4.69, 9.17) is 9.47 Å². The van der Waals surface area contributed by atoms with E-state index >= 15 is 0 Å². The molecule has 2 amide bonds. The summed E-state index contributed by atoms with van der Waals surface area (Å²) in [7, 11) is 0. The van der Waals surface area contributed by atoms with Crippen LogP contribution in [-0.4, -0.2) is 37.8 Å². The van der Waals surface area contributed by atoms with Crippen molar-refractivity contribution < 1.29 is 19.1 Å². The molecule has 0 aliphatic carbocycles. The Morgan fingerprint density at radius 2 is 1.86 bits per heavy atom. The lowest BCUT2D eigenvalue weighted by Gasteiger charge is -2.07. The van der Waals surface area contributed by atoms with E-state index in [1.807, 2.05) is 25.1 Å². The number of hydrazone groups is 1. The number of rotatable bonds is 10. The van der Waals surface area contributed by atoms with Gasteiger partial charge in [-0.15, -0.1) is 0 Å². The van der Waals surface area contributed by atoms with Crippen molar-refractivity contribution in [3.05, 3.63) is 72.3 Å². The Balaban J connectivity index is 1.81. The number of benzene rings is 2. The molecule has 0 aliphatic rings. The van der Waals surface area contributed by atoms with Crippen LogP contribution in [0.5, 0.6) is 11.5 Å². The number of nitrogens with zero attached hydrogens (tertiary/aromatic N) is 1. The minimum atomic E-state index is -0.444. The van der Waals surface area contributed by atoms with Gasteiger partial charge in [-0.2, -0.15) is 5.10 Å². The van der Waals surface area contributed by atoms with Gasteiger partial charge in [-0.3, -0.25) is 9.59 Å². The Bertz CT molecular complexity index is 832. The zero-order valence-electron chi connectivity index (χ0n) is 15.7. The zero-order chi connectivity index (χ0) is 20.2. The molecule has 0 aromatic heterocycles. The number of para-hydroxylation sites is 1. The van der Waals surface area contributed by atoms with Gasteiger partial charge in [0.05, 0.1) is 19.4 Å². The predicted molar refractivity (Wildman–Crippen MR) is 108 cm³/mol. The SMILES string of the molecule is C=CCOc1ccccc1/C=N/NC(=O)CNC(=O)c1ccc(OCC)cc1. The van der Waals surface area contributed by atoms with Gasteiger partial charge < -0.3 is 14.8 Å². The zero-order valence-corrected chi connectivity index (χ0v) is 15.7. The first kappa shape index (κ1) is 20.7. The summed E-state index contributed by atoms with van der Waals surface area (Å²) >= 11 is 0. The Kier molecular flexibility index (Phi) is 8.26. The molecule has 2 aromatic carbocycles. The largest absolute Gasteiger partial charge is 0.494 e. The average Bonchev–Trinajstić information content (AvgIpc) is 2.72. The highest BCUT2D eigenvalue weighted by Gasteiger charge is 2.08. The summed E-state index contributed by atoms with van der Waals surface area (Å²) in [5, 5.41) is 6.43. The van der Waals surface area contributed by atoms with Crippen LogP contribution in [0.15, 0.2) is 66.3 Å². The quantitative estimate of drug-likeness (QED) is 0.376. The average molecular weight is 381 g/mol. The van der Waals surface area contributed by atoms with Crippen LogP contribution in [-0.2, 0) is 4.79 Å². The van der Waals surface area contributed by atoms with E-state index < -0.39 is 5.91 Å². The second-order valence-corrected chi connectivity index (χ2v) is 5.57. The molecule has 0 fully saturated rings. The van der Waals surface area contributed by atoms with E-state index in [9.17, 15) is 9.59 Å². The molecule has 0 heterocycles. The standard InChI is InChI=1S/C21H23N3O4/c1-3-13-28-19-8-6-5-7-17(19)14-23-24-20(25)15-22-21(26)16-9-11-18(12-10-16)27-4-2/h3,5-12,14H,1,4,13,15H2,2H3,(H,22,26)(H,24,25)/b23-14+. The third-order valence-electron chi connectivity index (χ3n) is 3.51. The third kappa shape index (κ3) is 6.60. The number of amides is 2. The van der Waals surface area contributed by atoms with Crippen molar-refractivity contribution >= 4 is 18.0 Å². The summed E-state index contributed by atoms with van der Waals surface area (Å²) in [5.41, 5.74) is 3.52. The van der Waals surface area contributed by atoms with Gasteiger partial charge in [0.1, 0.15) is 18.1 Å². The summed E-state index contributed by atoms with van der Waals surface area (Å²) in [6.45, 7) is 6.21. The van der Waals surface area contributed by atoms with E-state index in [1.165, 1.54) is 6.21 Å². The second kappa shape index (κ2) is 11.2. The van der Waals surface area contributed by atoms with Crippen LogP contribution < -0.4 is 20.2 Å². The van der Waals surface area contributed by atoms with Crippen LogP contribution in [0.1, 0.15) is 22.8 Å². The molecule has 0 saturated heterocycles. The van der Waals surface area contributed by atoms with Gasteiger partial charge >= 0.3 is 0 Å². The summed E-state index contributed by atoms with van der Waals surface area (Å²) in [4.78, 5) is 23.9. The fourth-order valence-corrected chi connectivity index (χ4v) is 2.21. The molecule has 0 atom stereocenters. The van der Waals surface area contributed by atoms with Gasteiger partial charge in [0.15, 0.2) is 0 Å². The fourth-order valence-electron chi connectivity index (χ4n) is 2.21. The maximum Gasteiger partial charge on any atom is 0.259 e. The van der Waals surface area contributed by atoms with Crippen molar-refractivity contribution in [1.29, 1.82) is 0 Å². The van der Waals surface area contributed by atoms with Crippen LogP contribution in [0.3, 0.4) is 0 Å². The first-order chi connectivity index (χ1) is 13.6. The van der Waals surface area contributed by atoms with Crippen LogP contribution in [0.25, 0.3) is 0 Å². The molecule has 0 radical (unpaired) electrons. The third-order valence-corrected chi connectivity index (χ3v) is 3.51. The monoisotopic (exact) mass is 381 g/mol. The molecule has 0 saturated carbocycles. The molecule has 146 valence electrons. The van der Waals surface area contributed by atoms with Crippen molar-refractivity contribution in [1.82, 2.24) is 10.7 Å². The molecular weight excluding hydrogens is 358 g/mol. The molecule has 7 nitrogen and oxygen atoms in total. The lowest BCUT2D eigenvalue weighted by molar-refractivity contribution is -0.120. The van der Waals surface area contributed by atoms with Gasteiger partial charge in [0.25, 0.3) is 11.8 Å². The summed E-state index contributed by atoms with van der Waals surface area (Å²) < 4.78 is 10.8. The van der Waals surface area contributed by atoms with Crippen molar-refractivity contribution in [3.63, 3.8) is 0 Å². The molecular formula is C21H23N3O4. The topological polar surface area (TPSA) is 89.0 Å². The molecule has 0 unspecified atom stereocenters. The first-order valence-electron chi connectivity index (χ1n) is 8.79. The summed E-state index contributed by atoms with van der Waals surface area (Å²) in [6.07, 6.45) is 3.12. The van der Waals surface area contributed by atoms with Crippen LogP contribution in [0.4, 0.5) is 0 Å². The Labute approximate surface area is 164 Å². The fraction of sp³-hybridized carbons (Fsp3) is 0.190. The maximum atomic E-state index is 12.1. The van der Waals surface area contributed by atoms with Crippen molar-refractivity contribution in [3.8, 4) is 11.5 Å². The summed E-state index contributed by atoms with van der Waals surface area (Å²) in [6, 6.07) is 14.0. The van der Waals surface area contributed by atoms with Gasteiger partial charge in [0, 0.05) is 11.1 Å². The number of nitrogens with one attached hydrogen (secondary N) is 2. The van der Waals surface area contributed by atoms with Gasteiger partial charge in [-0.25, -0.2) is 5.43 Å². The number of hydrogen-bond acceptors (Lipinski definition) is 5. The highest BCUT2D eigenvalue weighted by molar-refractivity contribution is 5.96. The lowest BCUT2D eigenvalue weighted by Crippen LogP contribution is -2.34. The van der Waals surface area contributed by atoms with Crippen LogP contribution >= 0.6 is 0 Å². The predicted octanol–water partition coefficient (Wildman–Crippen LogP) is 2.53. The highest BCUT2D eigenvalue weighted by Crippen LogP contribution is 2.15. The highest BCUT2D eigenvalue weighted by atomic mass is 16.5. The van der Waals surface area contributed by atoms with Gasteiger partial charge in [0.2, 0.25) is 0 Å². The molecule has 2 aromatic rings. The minimum absolute atomic E-state index is 0.196. The van der Waals surface area contributed by atoms with E-state index in [0.717, 1.165) is 0 Å². The number of carbonyl (C=O) groups is 2. The van der Waals surface area contributed by atoms with E-state index in [1.54, 1.807) is 36.4 Å². The smallest absolute Gasteiger partial charge is 0.259 e. The van der Waals surface area contributed by atoms with Crippen molar-refractivity contribution in [2.45, 2.75) is 6.92 Å². The molecule has 0 spiro atoms.